The topological polar surface area (TPSA) is 9.23 Å². The van der Waals surface area contributed by atoms with Crippen LogP contribution in [-0.2, 0) is 0 Å². The molecule has 0 aliphatic rings. The number of allylic oxidation sites excluding steroid dienone is 1. The SMILES string of the molecule is [Al+2][CH2]C=COc1ccccc1. The molecule has 0 heterocycles. The number of para-hydroxylation sites is 1. The van der Waals surface area contributed by atoms with Crippen LogP contribution in [0.4, 0.5) is 0 Å². The monoisotopic (exact) mass is 160 g/mol. The number of rotatable bonds is 3. The van der Waals surface area contributed by atoms with Crippen LogP contribution in [0.15, 0.2) is 42.7 Å². The Morgan fingerprint density at radius 2 is 2.00 bits per heavy atom. The van der Waals surface area contributed by atoms with Crippen molar-refractivity contribution in [2.24, 2.45) is 0 Å². The first-order chi connectivity index (χ1) is 5.43. The van der Waals surface area contributed by atoms with E-state index in [0.717, 1.165) is 11.0 Å². The van der Waals surface area contributed by atoms with Gasteiger partial charge in [0.1, 0.15) is 0 Å². The zero-order valence-corrected chi connectivity index (χ0v) is 7.39. The Labute approximate surface area is 75.1 Å². The molecule has 1 aromatic rings. The van der Waals surface area contributed by atoms with E-state index in [0.29, 0.717) is 0 Å². The summed E-state index contributed by atoms with van der Waals surface area (Å²) in [5, 5.41) is 0.923. The van der Waals surface area contributed by atoms with Gasteiger partial charge in [-0.3, -0.25) is 0 Å². The molecule has 0 fully saturated rings. The van der Waals surface area contributed by atoms with Crippen molar-refractivity contribution in [3.05, 3.63) is 42.7 Å². The van der Waals surface area contributed by atoms with Crippen molar-refractivity contribution in [1.29, 1.82) is 0 Å². The molecule has 2 heteroatoms. The first-order valence-corrected chi connectivity index (χ1v) is 4.32. The molecule has 0 bridgehead atoms. The van der Waals surface area contributed by atoms with Gasteiger partial charge in [0, 0.05) is 0 Å². The van der Waals surface area contributed by atoms with Crippen molar-refractivity contribution >= 4 is 16.3 Å². The van der Waals surface area contributed by atoms with E-state index in [2.05, 4.69) is 16.3 Å². The van der Waals surface area contributed by atoms with Crippen LogP contribution >= 0.6 is 0 Å². The van der Waals surface area contributed by atoms with Crippen molar-refractivity contribution in [2.75, 3.05) is 0 Å². The molecule has 0 spiro atoms. The number of hydrogen-bond acceptors (Lipinski definition) is 1. The molecule has 0 radical (unpaired) electrons. The molecule has 0 saturated carbocycles. The third kappa shape index (κ3) is 3.27. The predicted octanol–water partition coefficient (Wildman–Crippen LogP) is 2.17. The van der Waals surface area contributed by atoms with Gasteiger partial charge >= 0.3 is 74.7 Å². The zero-order chi connectivity index (χ0) is 7.94. The fourth-order valence-electron chi connectivity index (χ4n) is 0.681. The normalized spacial score (nSPS) is 10.4. The summed E-state index contributed by atoms with van der Waals surface area (Å²) in [6, 6.07) is 9.71. The molecular weight excluding hydrogens is 151 g/mol. The molecule has 52 valence electrons. The van der Waals surface area contributed by atoms with Gasteiger partial charge in [0.2, 0.25) is 0 Å². The molecule has 0 aliphatic carbocycles. The van der Waals surface area contributed by atoms with Crippen LogP contribution in [0.25, 0.3) is 0 Å². The Morgan fingerprint density at radius 1 is 1.27 bits per heavy atom. The van der Waals surface area contributed by atoms with Gasteiger partial charge < -0.3 is 0 Å². The molecule has 0 aliphatic heterocycles. The average molecular weight is 160 g/mol. The molecule has 0 N–H and O–H groups in total. The van der Waals surface area contributed by atoms with E-state index in [9.17, 15) is 0 Å². The van der Waals surface area contributed by atoms with Gasteiger partial charge in [-0.25, -0.2) is 0 Å². The maximum absolute atomic E-state index is 5.25. The molecule has 1 aromatic carbocycles. The molecule has 1 nitrogen and oxygen atoms in total. The van der Waals surface area contributed by atoms with Gasteiger partial charge in [-0.15, -0.1) is 0 Å². The minimum absolute atomic E-state index is 0.877. The van der Waals surface area contributed by atoms with Gasteiger partial charge in [-0.1, -0.05) is 0 Å². The van der Waals surface area contributed by atoms with Gasteiger partial charge in [0.25, 0.3) is 0 Å². The summed E-state index contributed by atoms with van der Waals surface area (Å²) in [5.74, 6) is 0.877. The number of hydrogen-bond donors (Lipinski definition) is 0. The van der Waals surface area contributed by atoms with Crippen LogP contribution in [0.2, 0.25) is 5.28 Å². The van der Waals surface area contributed by atoms with E-state index >= 15 is 0 Å². The van der Waals surface area contributed by atoms with Crippen LogP contribution in [-0.4, -0.2) is 16.3 Å². The molecule has 11 heavy (non-hydrogen) atoms. The molecule has 0 atom stereocenters. The number of benzene rings is 1. The Kier molecular flexibility index (Phi) is 3.82. The van der Waals surface area contributed by atoms with Gasteiger partial charge in [0.15, 0.2) is 0 Å². The summed E-state index contributed by atoms with van der Waals surface area (Å²) < 4.78 is 5.25. The molecule has 0 aromatic heterocycles. The summed E-state index contributed by atoms with van der Waals surface area (Å²) in [7, 11) is 0. The van der Waals surface area contributed by atoms with Crippen molar-refractivity contribution in [1.82, 2.24) is 0 Å². The second-order valence-electron chi connectivity index (χ2n) is 2.04. The molecule has 0 saturated heterocycles. The summed E-state index contributed by atoms with van der Waals surface area (Å²) in [5.41, 5.74) is 0. The van der Waals surface area contributed by atoms with E-state index in [4.69, 9.17) is 4.74 Å². The van der Waals surface area contributed by atoms with E-state index in [1.165, 1.54) is 0 Å². The zero-order valence-electron chi connectivity index (χ0n) is 6.23. The van der Waals surface area contributed by atoms with E-state index in [1.54, 1.807) is 6.26 Å². The van der Waals surface area contributed by atoms with Gasteiger partial charge in [0.05, 0.1) is 0 Å². The summed E-state index contributed by atoms with van der Waals surface area (Å²) in [6.45, 7) is 0. The van der Waals surface area contributed by atoms with E-state index in [-0.39, 0.29) is 0 Å². The Hall–Kier alpha value is -0.708. The number of ether oxygens (including phenoxy) is 1. The Morgan fingerprint density at radius 3 is 2.64 bits per heavy atom. The Balaban J connectivity index is 2.45. The summed E-state index contributed by atoms with van der Waals surface area (Å²) >= 11 is 2.60. The fraction of sp³-hybridized carbons (Fsp3) is 0.111. The molecular formula is C9H9AlO+2. The van der Waals surface area contributed by atoms with E-state index in [1.807, 2.05) is 36.4 Å². The third-order valence-electron chi connectivity index (χ3n) is 1.18. The third-order valence-corrected chi connectivity index (χ3v) is 1.45. The fourth-order valence-corrected chi connectivity index (χ4v) is 0.792. The van der Waals surface area contributed by atoms with Crippen LogP contribution in [0.3, 0.4) is 0 Å². The quantitative estimate of drug-likeness (QED) is 0.486. The van der Waals surface area contributed by atoms with Crippen molar-refractivity contribution in [3.8, 4) is 5.75 Å². The molecule has 0 unspecified atom stereocenters. The van der Waals surface area contributed by atoms with Crippen LogP contribution < -0.4 is 4.74 Å². The van der Waals surface area contributed by atoms with E-state index < -0.39 is 0 Å². The first kappa shape index (κ1) is 8.39. The second-order valence-corrected chi connectivity index (χ2v) is 2.51. The minimum atomic E-state index is 0.877. The van der Waals surface area contributed by atoms with Crippen LogP contribution in [0, 0.1) is 0 Å². The Bertz CT molecular complexity index is 218. The van der Waals surface area contributed by atoms with Crippen LogP contribution in [0.5, 0.6) is 5.75 Å². The van der Waals surface area contributed by atoms with Gasteiger partial charge in [-0.05, 0) is 0 Å². The second kappa shape index (κ2) is 5.01. The van der Waals surface area contributed by atoms with Crippen molar-refractivity contribution in [3.63, 3.8) is 0 Å². The van der Waals surface area contributed by atoms with Gasteiger partial charge in [-0.2, -0.15) is 0 Å². The predicted molar refractivity (Wildman–Crippen MR) is 46.8 cm³/mol. The summed E-state index contributed by atoms with van der Waals surface area (Å²) in [4.78, 5) is 0. The standard InChI is InChI=1S/C9H9O.Al/c1-2-8-10-9-6-4-3-5-7-9;/h2-8H,1H2;/q;+2. The van der Waals surface area contributed by atoms with Crippen molar-refractivity contribution < 1.29 is 4.74 Å². The molecule has 1 rings (SSSR count). The molecule has 0 amide bonds. The average Bonchev–Trinajstić information content (AvgIpc) is 2.07. The first-order valence-electron chi connectivity index (χ1n) is 3.50. The summed E-state index contributed by atoms with van der Waals surface area (Å²) in [6.07, 6.45) is 3.64. The maximum atomic E-state index is 5.25. The van der Waals surface area contributed by atoms with Crippen molar-refractivity contribution in [2.45, 2.75) is 5.28 Å². The van der Waals surface area contributed by atoms with Crippen LogP contribution in [0.1, 0.15) is 0 Å².